The van der Waals surface area contributed by atoms with Crippen LogP contribution in [0.3, 0.4) is 0 Å². The molecule has 6 nitrogen and oxygen atoms in total. The van der Waals surface area contributed by atoms with Crippen molar-refractivity contribution in [2.24, 2.45) is 57.2 Å². The van der Waals surface area contributed by atoms with Crippen molar-refractivity contribution in [3.05, 3.63) is 23.3 Å². The van der Waals surface area contributed by atoms with Crippen molar-refractivity contribution < 1.29 is 18.3 Å². The maximum absolute atomic E-state index is 12.5. The van der Waals surface area contributed by atoms with Crippen molar-refractivity contribution >= 4 is 15.8 Å². The average molecular weight is 683 g/mol. The van der Waals surface area contributed by atoms with Gasteiger partial charge in [0.15, 0.2) is 9.84 Å². The highest BCUT2D eigenvalue weighted by atomic mass is 32.2. The van der Waals surface area contributed by atoms with E-state index in [1.807, 2.05) is 13.8 Å². The molecule has 7 rings (SSSR count). The van der Waals surface area contributed by atoms with Crippen molar-refractivity contribution in [2.75, 3.05) is 26.2 Å². The van der Waals surface area contributed by atoms with Gasteiger partial charge in [-0.3, -0.25) is 9.69 Å². The topological polar surface area (TPSA) is 86.7 Å². The van der Waals surface area contributed by atoms with Crippen LogP contribution in [0.4, 0.5) is 0 Å². The molecule has 0 amide bonds. The van der Waals surface area contributed by atoms with E-state index in [4.69, 9.17) is 0 Å². The zero-order valence-electron chi connectivity index (χ0n) is 31.2. The summed E-state index contributed by atoms with van der Waals surface area (Å²) >= 11 is 0. The van der Waals surface area contributed by atoms with E-state index in [9.17, 15) is 18.3 Å². The number of nitrogens with zero attached hydrogens (tertiary/aromatic N) is 1. The first-order chi connectivity index (χ1) is 22.5. The van der Waals surface area contributed by atoms with Gasteiger partial charge in [0.05, 0.1) is 16.4 Å². The first-order valence-corrected chi connectivity index (χ1v) is 21.5. The molecule has 0 radical (unpaired) electrons. The molecule has 5 fully saturated rings. The summed E-state index contributed by atoms with van der Waals surface area (Å²) in [5, 5.41) is 13.1. The van der Waals surface area contributed by atoms with Gasteiger partial charge < -0.3 is 10.4 Å². The van der Waals surface area contributed by atoms with E-state index in [0.29, 0.717) is 47.7 Å². The second kappa shape index (κ2) is 12.2. The smallest absolute Gasteiger partial charge is 0.306 e. The fourth-order valence-electron chi connectivity index (χ4n) is 14.3. The quantitative estimate of drug-likeness (QED) is 0.296. The molecule has 7 heteroatoms. The van der Waals surface area contributed by atoms with E-state index < -0.39 is 15.8 Å². The Morgan fingerprint density at radius 2 is 1.58 bits per heavy atom. The van der Waals surface area contributed by atoms with Crippen LogP contribution in [0.2, 0.25) is 0 Å². The molecule has 0 aromatic heterocycles. The highest BCUT2D eigenvalue weighted by Crippen LogP contribution is 2.75. The van der Waals surface area contributed by atoms with Gasteiger partial charge in [0.1, 0.15) is 0 Å². The molecular weight excluding hydrogens is 617 g/mol. The van der Waals surface area contributed by atoms with E-state index >= 15 is 0 Å². The Bertz CT molecular complexity index is 1430. The van der Waals surface area contributed by atoms with Crippen LogP contribution in [0.1, 0.15) is 126 Å². The summed E-state index contributed by atoms with van der Waals surface area (Å²) in [4.78, 5) is 14.0. The Morgan fingerprint density at radius 3 is 2.25 bits per heavy atom. The molecule has 5 unspecified atom stereocenters. The SMILES string of the molecule is CC1CN(CCN[C@@H]2CC[C@H]3C2CC[C@]2(C)[C@@H]3CCC3[C@@]4(C)CC=C(C5=CC[C@H](C(=O)O)CC5)C(C)(C)C4CC[C@]32C)CC(C)S1(=O)=O. The highest BCUT2D eigenvalue weighted by Gasteiger charge is 2.68. The van der Waals surface area contributed by atoms with Crippen molar-refractivity contribution in [2.45, 2.75) is 142 Å². The van der Waals surface area contributed by atoms with Crippen molar-refractivity contribution in [3.63, 3.8) is 0 Å². The number of nitrogens with one attached hydrogen (secondary N) is 1. The molecule has 0 aromatic rings. The molecule has 1 aliphatic heterocycles. The predicted molar refractivity (Wildman–Crippen MR) is 194 cm³/mol. The Balaban J connectivity index is 1.03. The molecule has 0 aromatic carbocycles. The summed E-state index contributed by atoms with van der Waals surface area (Å²) < 4.78 is 25.0. The molecular formula is C41H66N2O4S. The number of allylic oxidation sites excluding steroid dienone is 4. The normalized spacial score (nSPS) is 48.3. The third-order valence-corrected chi connectivity index (χ3v) is 19.5. The average Bonchev–Trinajstić information content (AvgIpc) is 3.43. The van der Waals surface area contributed by atoms with Gasteiger partial charge in [-0.15, -0.1) is 0 Å². The Labute approximate surface area is 292 Å². The fourth-order valence-corrected chi connectivity index (χ4v) is 15.9. The molecule has 0 bridgehead atoms. The minimum Gasteiger partial charge on any atom is -0.481 e. The number of carbonyl (C=O) groups is 1. The molecule has 6 aliphatic carbocycles. The number of sulfone groups is 1. The number of aliphatic carboxylic acids is 1. The lowest BCUT2D eigenvalue weighted by atomic mass is 9.33. The van der Waals surface area contributed by atoms with Crippen LogP contribution in [-0.2, 0) is 14.6 Å². The predicted octanol–water partition coefficient (Wildman–Crippen LogP) is 7.89. The van der Waals surface area contributed by atoms with Gasteiger partial charge >= 0.3 is 5.97 Å². The van der Waals surface area contributed by atoms with Gasteiger partial charge in [0, 0.05) is 32.2 Å². The van der Waals surface area contributed by atoms with Crippen LogP contribution in [0.25, 0.3) is 0 Å². The molecule has 4 saturated carbocycles. The first-order valence-electron chi connectivity index (χ1n) is 19.9. The van der Waals surface area contributed by atoms with E-state index in [1.165, 1.54) is 68.9 Å². The maximum atomic E-state index is 12.5. The maximum Gasteiger partial charge on any atom is 0.306 e. The molecule has 0 spiro atoms. The van der Waals surface area contributed by atoms with Crippen molar-refractivity contribution in [1.29, 1.82) is 0 Å². The van der Waals surface area contributed by atoms with Gasteiger partial charge in [-0.25, -0.2) is 8.42 Å². The van der Waals surface area contributed by atoms with E-state index in [0.717, 1.165) is 49.6 Å². The zero-order valence-corrected chi connectivity index (χ0v) is 32.0. The number of hydrogen-bond acceptors (Lipinski definition) is 5. The largest absolute Gasteiger partial charge is 0.481 e. The van der Waals surface area contributed by atoms with E-state index in [-0.39, 0.29) is 21.8 Å². The molecule has 1 saturated heterocycles. The zero-order chi connectivity index (χ0) is 34.4. The minimum atomic E-state index is -2.97. The molecule has 2 N–H and O–H groups in total. The van der Waals surface area contributed by atoms with E-state index in [2.05, 4.69) is 57.0 Å². The number of rotatable bonds is 6. The van der Waals surface area contributed by atoms with Gasteiger partial charge in [-0.1, -0.05) is 46.8 Å². The first kappa shape index (κ1) is 35.2. The van der Waals surface area contributed by atoms with Crippen molar-refractivity contribution in [3.8, 4) is 0 Å². The second-order valence-corrected chi connectivity index (χ2v) is 22.0. The van der Waals surface area contributed by atoms with E-state index in [1.54, 1.807) is 0 Å². The van der Waals surface area contributed by atoms with Crippen molar-refractivity contribution in [1.82, 2.24) is 10.2 Å². The lowest BCUT2D eigenvalue weighted by molar-refractivity contribution is -0.215. The van der Waals surface area contributed by atoms with Gasteiger partial charge in [0.2, 0.25) is 0 Å². The molecule has 1 heterocycles. The summed E-state index contributed by atoms with van der Waals surface area (Å²) in [6.45, 7) is 20.2. The van der Waals surface area contributed by atoms with Crippen LogP contribution in [-0.4, -0.2) is 67.1 Å². The van der Waals surface area contributed by atoms with Gasteiger partial charge in [-0.2, -0.15) is 0 Å². The lowest BCUT2D eigenvalue weighted by Gasteiger charge is -2.71. The second-order valence-electron chi connectivity index (χ2n) is 19.2. The summed E-state index contributed by atoms with van der Waals surface area (Å²) in [7, 11) is -2.97. The highest BCUT2D eigenvalue weighted by molar-refractivity contribution is 7.92. The third-order valence-electron chi connectivity index (χ3n) is 17.0. The Morgan fingerprint density at radius 1 is 0.875 bits per heavy atom. The van der Waals surface area contributed by atoms with Gasteiger partial charge in [-0.05, 0) is 153 Å². The number of carboxylic acid groups (broad SMARTS) is 1. The van der Waals surface area contributed by atoms with Crippen LogP contribution in [0, 0.1) is 57.2 Å². The number of hydrogen-bond donors (Lipinski definition) is 2. The third kappa shape index (κ3) is 5.27. The monoisotopic (exact) mass is 682 g/mol. The number of fused-ring (bicyclic) bond motifs is 7. The molecule has 48 heavy (non-hydrogen) atoms. The minimum absolute atomic E-state index is 0.120. The summed E-state index contributed by atoms with van der Waals surface area (Å²) in [5.41, 5.74) is 4.19. The summed E-state index contributed by atoms with van der Waals surface area (Å²) in [5.74, 6) is 3.03. The number of carboxylic acids is 1. The molecule has 7 aliphatic rings. The lowest BCUT2D eigenvalue weighted by Crippen LogP contribution is -2.64. The standard InChI is InChI=1S/C41H66N2O4S/c1-26-24-43(25-27(2)48(26,46)47)23-22-42-34-14-12-30-31(34)16-20-40(6)33(30)13-15-36-39(5)19-17-32(28-8-10-29(11-9-28)37(44)45)38(3,4)35(39)18-21-41(36,40)7/h8,17,26-27,29-31,33-36,42H,9-16,18-25H2,1-7H3,(H,44,45)/t26?,27?,29-,30-,31?,33+,34+,35?,36?,39-,40+,41+/m0/s1. The molecule has 12 atom stereocenters. The van der Waals surface area contributed by atoms with Crippen LogP contribution in [0.5, 0.6) is 0 Å². The molecule has 270 valence electrons. The van der Waals surface area contributed by atoms with Crippen LogP contribution >= 0.6 is 0 Å². The Hall–Kier alpha value is -1.18. The Kier molecular flexibility index (Phi) is 8.96. The van der Waals surface area contributed by atoms with Gasteiger partial charge in [0.25, 0.3) is 0 Å². The summed E-state index contributed by atoms with van der Waals surface area (Å²) in [6.07, 6.45) is 19.3. The van der Waals surface area contributed by atoms with Crippen LogP contribution < -0.4 is 5.32 Å². The summed E-state index contributed by atoms with van der Waals surface area (Å²) in [6, 6.07) is 0.615. The fraction of sp³-hybridized carbons (Fsp3) is 0.878. The van der Waals surface area contributed by atoms with Crippen LogP contribution in [0.15, 0.2) is 23.3 Å².